The van der Waals surface area contributed by atoms with Gasteiger partial charge in [0.25, 0.3) is 5.91 Å². The van der Waals surface area contributed by atoms with Crippen LogP contribution in [0, 0.1) is 17.5 Å². The number of amides is 1. The molecule has 1 unspecified atom stereocenters. The van der Waals surface area contributed by atoms with Crippen LogP contribution in [0.5, 0.6) is 0 Å². The Morgan fingerprint density at radius 2 is 1.55 bits per heavy atom. The summed E-state index contributed by atoms with van der Waals surface area (Å²) in [6, 6.07) is 24.5. The van der Waals surface area contributed by atoms with E-state index in [0.717, 1.165) is 16.7 Å². The Kier molecular flexibility index (Phi) is 5.98. The van der Waals surface area contributed by atoms with E-state index in [1.807, 2.05) is 19.1 Å². The molecule has 0 radical (unpaired) electrons. The topological polar surface area (TPSA) is 96.0 Å². The molecule has 0 aromatic heterocycles. The van der Waals surface area contributed by atoms with Crippen molar-refractivity contribution in [3.8, 4) is 11.1 Å². The number of hydrogen-bond donors (Lipinski definition) is 3. The molecule has 1 amide bonds. The van der Waals surface area contributed by atoms with E-state index in [0.29, 0.717) is 26.7 Å². The van der Waals surface area contributed by atoms with E-state index in [1.165, 1.54) is 36.4 Å². The maximum atomic E-state index is 13.2. The molecule has 4 rings (SSSR count). The van der Waals surface area contributed by atoms with Crippen LogP contribution in [0.25, 0.3) is 11.1 Å². The molecular formula is C26H22FN3O2S. The van der Waals surface area contributed by atoms with E-state index >= 15 is 0 Å². The second-order valence-electron chi connectivity index (χ2n) is 7.61. The molecule has 0 heterocycles. The van der Waals surface area contributed by atoms with Gasteiger partial charge in [-0.1, -0.05) is 36.4 Å². The van der Waals surface area contributed by atoms with E-state index in [-0.39, 0.29) is 5.82 Å². The molecule has 0 aliphatic rings. The number of hydrogen-bond acceptors (Lipinski definition) is 4. The van der Waals surface area contributed by atoms with Gasteiger partial charge < -0.3 is 11.1 Å². The van der Waals surface area contributed by atoms with Gasteiger partial charge in [-0.05, 0) is 78.2 Å². The van der Waals surface area contributed by atoms with Gasteiger partial charge in [-0.25, -0.2) is 13.4 Å². The molecule has 4 aromatic carbocycles. The number of benzene rings is 4. The first kappa shape index (κ1) is 22.2. The quantitative estimate of drug-likeness (QED) is 0.315. The Balaban J connectivity index is 1.57. The summed E-state index contributed by atoms with van der Waals surface area (Å²) in [6.07, 6.45) is 0. The molecular weight excluding hydrogens is 437 g/mol. The largest absolute Gasteiger partial charge is 0.397 e. The van der Waals surface area contributed by atoms with Crippen LogP contribution < -0.4 is 11.1 Å². The SMILES string of the molecule is Cc1ccccc1S(=N)(=O)c1ccc(C(=O)Nc2cc(-c3ccc(F)cc3)ccc2N)cc1. The van der Waals surface area contributed by atoms with Crippen molar-refractivity contribution in [1.82, 2.24) is 0 Å². The number of halogens is 1. The Morgan fingerprint density at radius 3 is 2.21 bits per heavy atom. The van der Waals surface area contributed by atoms with Gasteiger partial charge in [0, 0.05) is 5.56 Å². The third-order valence-electron chi connectivity index (χ3n) is 5.33. The zero-order valence-corrected chi connectivity index (χ0v) is 18.7. The minimum Gasteiger partial charge on any atom is -0.397 e. The third kappa shape index (κ3) is 4.63. The van der Waals surface area contributed by atoms with Crippen LogP contribution in [-0.2, 0) is 9.73 Å². The van der Waals surface area contributed by atoms with Gasteiger partial charge in [-0.15, -0.1) is 0 Å². The van der Waals surface area contributed by atoms with Gasteiger partial charge >= 0.3 is 0 Å². The molecule has 0 spiro atoms. The highest BCUT2D eigenvalue weighted by Crippen LogP contribution is 2.29. The van der Waals surface area contributed by atoms with Crippen LogP contribution in [-0.4, -0.2) is 10.1 Å². The number of carbonyl (C=O) groups excluding carboxylic acids is 1. The summed E-state index contributed by atoms with van der Waals surface area (Å²) in [7, 11) is -3.20. The highest BCUT2D eigenvalue weighted by atomic mass is 32.2. The van der Waals surface area contributed by atoms with Gasteiger partial charge in [-0.2, -0.15) is 0 Å². The number of nitrogens with one attached hydrogen (secondary N) is 2. The molecule has 0 fully saturated rings. The van der Waals surface area contributed by atoms with Crippen molar-refractivity contribution < 1.29 is 13.4 Å². The minimum absolute atomic E-state index is 0.325. The molecule has 0 aliphatic heterocycles. The number of anilines is 2. The van der Waals surface area contributed by atoms with Crippen LogP contribution in [0.2, 0.25) is 0 Å². The molecule has 4 N–H and O–H groups in total. The summed E-state index contributed by atoms with van der Waals surface area (Å²) in [5, 5.41) is 2.79. The molecule has 33 heavy (non-hydrogen) atoms. The van der Waals surface area contributed by atoms with Gasteiger partial charge in [0.2, 0.25) is 0 Å². The van der Waals surface area contributed by atoms with E-state index in [4.69, 9.17) is 10.5 Å². The molecule has 4 aromatic rings. The first-order chi connectivity index (χ1) is 15.8. The van der Waals surface area contributed by atoms with Gasteiger partial charge in [0.05, 0.1) is 21.2 Å². The van der Waals surface area contributed by atoms with E-state index < -0.39 is 15.6 Å². The highest BCUT2D eigenvalue weighted by molar-refractivity contribution is 7.92. The lowest BCUT2D eigenvalue weighted by atomic mass is 10.0. The zero-order chi connectivity index (χ0) is 23.6. The summed E-state index contributed by atoms with van der Waals surface area (Å²) in [6.45, 7) is 1.82. The molecule has 0 saturated heterocycles. The molecule has 166 valence electrons. The Hall–Kier alpha value is -3.97. The van der Waals surface area contributed by atoms with Crippen LogP contribution >= 0.6 is 0 Å². The van der Waals surface area contributed by atoms with Crippen LogP contribution in [0.3, 0.4) is 0 Å². The van der Waals surface area contributed by atoms with Gasteiger partial charge in [-0.3, -0.25) is 4.79 Å². The molecule has 0 saturated carbocycles. The van der Waals surface area contributed by atoms with Crippen molar-refractivity contribution in [2.24, 2.45) is 0 Å². The maximum absolute atomic E-state index is 13.2. The summed E-state index contributed by atoms with van der Waals surface area (Å²) < 4.78 is 34.8. The van der Waals surface area contributed by atoms with Crippen molar-refractivity contribution in [2.75, 3.05) is 11.1 Å². The van der Waals surface area contributed by atoms with Crippen molar-refractivity contribution in [2.45, 2.75) is 16.7 Å². The first-order valence-electron chi connectivity index (χ1n) is 10.2. The molecule has 5 nitrogen and oxygen atoms in total. The fourth-order valence-corrected chi connectivity index (χ4v) is 5.05. The number of nitrogens with two attached hydrogens (primary N) is 1. The molecule has 0 bridgehead atoms. The lowest BCUT2D eigenvalue weighted by Crippen LogP contribution is -2.13. The molecule has 0 aliphatic carbocycles. The fraction of sp³-hybridized carbons (Fsp3) is 0.0385. The van der Waals surface area contributed by atoms with Crippen LogP contribution in [0.15, 0.2) is 101 Å². The Labute approximate surface area is 192 Å². The number of carbonyl (C=O) groups is 1. The van der Waals surface area contributed by atoms with Crippen LogP contribution in [0.1, 0.15) is 15.9 Å². The number of aryl methyl sites for hydroxylation is 1. The highest BCUT2D eigenvalue weighted by Gasteiger charge is 2.17. The second kappa shape index (κ2) is 8.88. The third-order valence-corrected chi connectivity index (χ3v) is 7.34. The average molecular weight is 460 g/mol. The first-order valence-corrected chi connectivity index (χ1v) is 11.7. The maximum Gasteiger partial charge on any atom is 0.255 e. The summed E-state index contributed by atoms with van der Waals surface area (Å²) in [5.41, 5.74) is 9.54. The van der Waals surface area contributed by atoms with Crippen molar-refractivity contribution in [3.05, 3.63) is 108 Å². The van der Waals surface area contributed by atoms with Crippen molar-refractivity contribution in [1.29, 1.82) is 4.78 Å². The Bertz CT molecular complexity index is 1430. The summed E-state index contributed by atoms with van der Waals surface area (Å²) in [5.74, 6) is -0.720. The minimum atomic E-state index is -3.20. The average Bonchev–Trinajstić information content (AvgIpc) is 2.81. The molecule has 1 atom stereocenters. The summed E-state index contributed by atoms with van der Waals surface area (Å²) in [4.78, 5) is 13.6. The van der Waals surface area contributed by atoms with E-state index in [2.05, 4.69) is 5.32 Å². The lowest BCUT2D eigenvalue weighted by Gasteiger charge is -2.13. The monoisotopic (exact) mass is 459 g/mol. The van der Waals surface area contributed by atoms with E-state index in [9.17, 15) is 13.4 Å². The normalized spacial score (nSPS) is 12.7. The summed E-state index contributed by atoms with van der Waals surface area (Å²) >= 11 is 0. The predicted molar refractivity (Wildman–Crippen MR) is 129 cm³/mol. The van der Waals surface area contributed by atoms with Gasteiger partial charge in [0.15, 0.2) is 0 Å². The van der Waals surface area contributed by atoms with Gasteiger partial charge in [0.1, 0.15) is 15.5 Å². The smallest absolute Gasteiger partial charge is 0.255 e. The lowest BCUT2D eigenvalue weighted by molar-refractivity contribution is 0.102. The standard InChI is InChI=1S/C26H22FN3O2S/c1-17-4-2-3-5-25(17)33(29,32)22-13-8-19(9-14-22)26(31)30-24-16-20(10-15-23(24)28)18-6-11-21(27)12-7-18/h2-16,29H,28H2,1H3,(H,30,31). The second-order valence-corrected chi connectivity index (χ2v) is 9.63. The number of nitrogen functional groups attached to an aromatic ring is 1. The van der Waals surface area contributed by atoms with Crippen molar-refractivity contribution >= 4 is 27.0 Å². The zero-order valence-electron chi connectivity index (χ0n) is 17.8. The van der Waals surface area contributed by atoms with Crippen molar-refractivity contribution in [3.63, 3.8) is 0 Å². The van der Waals surface area contributed by atoms with E-state index in [1.54, 1.807) is 42.5 Å². The Morgan fingerprint density at radius 1 is 0.909 bits per heavy atom. The van der Waals surface area contributed by atoms with Crippen LogP contribution in [0.4, 0.5) is 15.8 Å². The molecule has 7 heteroatoms. The fourth-order valence-electron chi connectivity index (χ4n) is 3.48. The predicted octanol–water partition coefficient (Wildman–Crippen LogP) is 6.10. The number of rotatable bonds is 5.